The van der Waals surface area contributed by atoms with Crippen LogP contribution in [0.5, 0.6) is 0 Å². The van der Waals surface area contributed by atoms with Gasteiger partial charge in [-0.1, -0.05) is 44.9 Å². The second-order valence-corrected chi connectivity index (χ2v) is 14.4. The molecule has 6 heteroatoms. The van der Waals surface area contributed by atoms with E-state index >= 15 is 0 Å². The fourth-order valence-corrected chi connectivity index (χ4v) is 4.01. The predicted molar refractivity (Wildman–Crippen MR) is 92.1 cm³/mol. The number of ether oxygens (including phenoxy) is 2. The fraction of sp³-hybridized carbons (Fsp3) is 1.00. The minimum absolute atomic E-state index is 0.0221. The maximum Gasteiger partial charge on any atom is 0.341 e. The normalized spacial score (nSPS) is 13.7. The maximum atomic E-state index is 5.84. The Kier molecular flexibility index (Phi) is 14.3. The van der Waals surface area contributed by atoms with E-state index in [1.807, 2.05) is 6.92 Å². The van der Waals surface area contributed by atoms with E-state index in [2.05, 4.69) is 0 Å². The Bertz CT molecular complexity index is 213. The van der Waals surface area contributed by atoms with Crippen LogP contribution in [0.1, 0.15) is 64.7 Å². The summed E-state index contributed by atoms with van der Waals surface area (Å²) in [6.07, 6.45) is 10.8. The lowest BCUT2D eigenvalue weighted by molar-refractivity contribution is -0.124. The fourth-order valence-electron chi connectivity index (χ4n) is 2.15. The van der Waals surface area contributed by atoms with Crippen LogP contribution in [0.3, 0.4) is 0 Å². The second kappa shape index (κ2) is 13.7. The molecule has 0 aliphatic carbocycles. The van der Waals surface area contributed by atoms with Crippen molar-refractivity contribution in [3.05, 3.63) is 0 Å². The van der Waals surface area contributed by atoms with Crippen LogP contribution in [-0.4, -0.2) is 26.0 Å². The summed E-state index contributed by atoms with van der Waals surface area (Å²) in [5.41, 5.74) is 0. The Labute approximate surface area is 139 Å². The number of hydrogen-bond donors (Lipinski definition) is 0. The van der Waals surface area contributed by atoms with Gasteiger partial charge in [0.25, 0.3) is 0 Å². The van der Waals surface area contributed by atoms with E-state index in [9.17, 15) is 0 Å². The van der Waals surface area contributed by atoms with Crippen LogP contribution >= 0.6 is 33.2 Å². The Morgan fingerprint density at radius 1 is 0.850 bits per heavy atom. The molecule has 0 aromatic rings. The number of unbranched alkanes of at least 4 members (excludes halogenated alkanes) is 7. The monoisotopic (exact) mass is 362 g/mol. The topological polar surface area (TPSA) is 18.5 Å². The molecule has 0 amide bonds. The molecule has 0 saturated heterocycles. The van der Waals surface area contributed by atoms with Gasteiger partial charge in [0, 0.05) is 13.7 Å². The maximum absolute atomic E-state index is 5.84. The van der Waals surface area contributed by atoms with Crippen LogP contribution in [0.15, 0.2) is 0 Å². The Balaban J connectivity index is 3.20. The highest BCUT2D eigenvalue weighted by molar-refractivity contribution is 7.64. The third kappa shape index (κ3) is 15.4. The minimum atomic E-state index is -2.37. The first kappa shape index (κ1) is 21.0. The van der Waals surface area contributed by atoms with Crippen molar-refractivity contribution in [1.29, 1.82) is 0 Å². The first-order chi connectivity index (χ1) is 9.49. The molecule has 0 bridgehead atoms. The average Bonchev–Trinajstić information content (AvgIpc) is 2.38. The smallest absolute Gasteiger partial charge is 0.341 e. The van der Waals surface area contributed by atoms with E-state index in [1.54, 1.807) is 7.11 Å². The molecule has 0 aliphatic rings. The van der Waals surface area contributed by atoms with E-state index in [0.717, 1.165) is 25.5 Å². The summed E-state index contributed by atoms with van der Waals surface area (Å²) in [5.74, 6) is 0. The zero-order valence-corrected chi connectivity index (χ0v) is 16.1. The third-order valence-electron chi connectivity index (χ3n) is 3.27. The lowest BCUT2D eigenvalue weighted by atomic mass is 10.1. The molecule has 122 valence electrons. The molecular formula is C14H29Cl3O2Si. The molecule has 1 atom stereocenters. The molecule has 1 unspecified atom stereocenters. The van der Waals surface area contributed by atoms with Gasteiger partial charge in [-0.2, -0.15) is 0 Å². The van der Waals surface area contributed by atoms with Gasteiger partial charge in [-0.3, -0.25) is 0 Å². The van der Waals surface area contributed by atoms with Crippen LogP contribution in [0.2, 0.25) is 6.04 Å². The van der Waals surface area contributed by atoms with Gasteiger partial charge in [-0.15, -0.1) is 33.2 Å². The van der Waals surface area contributed by atoms with Gasteiger partial charge in [0.2, 0.25) is 0 Å². The molecule has 0 aliphatic heterocycles. The molecule has 0 spiro atoms. The lowest BCUT2D eigenvalue weighted by Gasteiger charge is -2.14. The molecule has 2 nitrogen and oxygen atoms in total. The molecule has 0 aromatic heterocycles. The molecule has 20 heavy (non-hydrogen) atoms. The zero-order valence-electron chi connectivity index (χ0n) is 12.8. The molecule has 0 fully saturated rings. The van der Waals surface area contributed by atoms with Crippen molar-refractivity contribution in [2.45, 2.75) is 77.0 Å². The van der Waals surface area contributed by atoms with Crippen molar-refractivity contribution in [2.75, 3.05) is 13.7 Å². The Hall–Kier alpha value is 1.01. The van der Waals surface area contributed by atoms with E-state index < -0.39 is 6.00 Å². The summed E-state index contributed by atoms with van der Waals surface area (Å²) in [6, 6.07) is -1.57. The largest absolute Gasteiger partial charge is 0.356 e. The van der Waals surface area contributed by atoms with Crippen molar-refractivity contribution in [3.63, 3.8) is 0 Å². The van der Waals surface area contributed by atoms with Crippen molar-refractivity contribution in [3.8, 4) is 0 Å². The SMILES string of the molecule is CCOC(CCCCCCCCCC[Si](Cl)(Cl)Cl)OC. The highest BCUT2D eigenvalue weighted by Gasteiger charge is 2.23. The molecular weight excluding hydrogens is 335 g/mol. The van der Waals surface area contributed by atoms with Crippen molar-refractivity contribution < 1.29 is 9.47 Å². The van der Waals surface area contributed by atoms with Crippen LogP contribution < -0.4 is 0 Å². The van der Waals surface area contributed by atoms with Gasteiger partial charge in [0.15, 0.2) is 6.29 Å². The summed E-state index contributed by atoms with van der Waals surface area (Å²) in [4.78, 5) is 0. The van der Waals surface area contributed by atoms with Gasteiger partial charge < -0.3 is 9.47 Å². The summed E-state index contributed by atoms with van der Waals surface area (Å²) in [7, 11) is 1.71. The van der Waals surface area contributed by atoms with Gasteiger partial charge >= 0.3 is 6.00 Å². The minimum Gasteiger partial charge on any atom is -0.356 e. The molecule has 0 heterocycles. The lowest BCUT2D eigenvalue weighted by Crippen LogP contribution is -2.14. The summed E-state index contributed by atoms with van der Waals surface area (Å²) in [5, 5.41) is 0. The van der Waals surface area contributed by atoms with E-state index in [-0.39, 0.29) is 6.29 Å². The quantitative estimate of drug-likeness (QED) is 0.159. The third-order valence-corrected chi connectivity index (χ3v) is 5.89. The summed E-state index contributed by atoms with van der Waals surface area (Å²) >= 11 is 17.5. The Morgan fingerprint density at radius 2 is 1.35 bits per heavy atom. The van der Waals surface area contributed by atoms with Gasteiger partial charge in [-0.05, 0) is 25.8 Å². The van der Waals surface area contributed by atoms with Crippen LogP contribution in [0, 0.1) is 0 Å². The van der Waals surface area contributed by atoms with Gasteiger partial charge in [0.05, 0.1) is 0 Å². The average molecular weight is 364 g/mol. The zero-order chi connectivity index (χ0) is 15.3. The predicted octanol–water partition coefficient (Wildman–Crippen LogP) is 6.16. The van der Waals surface area contributed by atoms with Crippen LogP contribution in [-0.2, 0) is 9.47 Å². The van der Waals surface area contributed by atoms with Crippen molar-refractivity contribution in [1.82, 2.24) is 0 Å². The van der Waals surface area contributed by atoms with E-state index in [4.69, 9.17) is 42.7 Å². The van der Waals surface area contributed by atoms with Crippen LogP contribution in [0.25, 0.3) is 0 Å². The molecule has 0 aromatic carbocycles. The van der Waals surface area contributed by atoms with Crippen molar-refractivity contribution >= 4 is 39.2 Å². The molecule has 0 radical (unpaired) electrons. The number of hydrogen-bond acceptors (Lipinski definition) is 2. The Morgan fingerprint density at radius 3 is 1.80 bits per heavy atom. The molecule has 0 rings (SSSR count). The van der Waals surface area contributed by atoms with E-state index in [0.29, 0.717) is 0 Å². The standard InChI is InChI=1S/C14H29Cl3O2Si/c1-3-19-14(18-2)12-10-8-6-4-5-7-9-11-13-20(15,16)17/h14H,3-13H2,1-2H3. The highest BCUT2D eigenvalue weighted by Crippen LogP contribution is 2.27. The summed E-state index contributed by atoms with van der Waals surface area (Å²) < 4.78 is 10.7. The number of halogens is 3. The molecule has 0 saturated carbocycles. The number of methoxy groups -OCH3 is 1. The van der Waals surface area contributed by atoms with E-state index in [1.165, 1.54) is 44.9 Å². The van der Waals surface area contributed by atoms with Gasteiger partial charge in [-0.25, -0.2) is 0 Å². The van der Waals surface area contributed by atoms with Crippen molar-refractivity contribution in [2.24, 2.45) is 0 Å². The second-order valence-electron chi connectivity index (χ2n) is 5.10. The van der Waals surface area contributed by atoms with Crippen LogP contribution in [0.4, 0.5) is 0 Å². The first-order valence-corrected chi connectivity index (χ1v) is 12.9. The highest BCUT2D eigenvalue weighted by atomic mass is 35.8. The molecule has 0 N–H and O–H groups in total. The summed E-state index contributed by atoms with van der Waals surface area (Å²) in [6.45, 7) is 2.72. The number of rotatable bonds is 14. The van der Waals surface area contributed by atoms with Gasteiger partial charge in [0.1, 0.15) is 0 Å². The first-order valence-electron chi connectivity index (χ1n) is 7.70.